The second kappa shape index (κ2) is 4.44. The lowest BCUT2D eigenvalue weighted by Gasteiger charge is -2.07. The van der Waals surface area contributed by atoms with Gasteiger partial charge in [0.25, 0.3) is 0 Å². The minimum atomic E-state index is -4.60. The normalized spacial score (nSPS) is 10.9. The van der Waals surface area contributed by atoms with E-state index in [0.717, 1.165) is 0 Å². The maximum Gasteiger partial charge on any atom is 0.524 e. The predicted octanol–water partition coefficient (Wildman–Crippen LogP) is 0.945. The van der Waals surface area contributed by atoms with E-state index in [2.05, 4.69) is 9.26 Å². The van der Waals surface area contributed by atoms with Crippen LogP contribution in [-0.2, 0) is 9.30 Å². The largest absolute Gasteiger partial charge is 0.524 e. The van der Waals surface area contributed by atoms with Crippen molar-refractivity contribution in [2.75, 3.05) is 7.11 Å². The molecule has 1 rings (SSSR count). The van der Waals surface area contributed by atoms with Crippen molar-refractivity contribution in [3.63, 3.8) is 0 Å². The lowest BCUT2D eigenvalue weighted by Crippen LogP contribution is -2.01. The molecule has 0 unspecified atom stereocenters. The molecule has 0 fully saturated rings. The first-order valence-corrected chi connectivity index (χ1v) is 5.39. The van der Waals surface area contributed by atoms with Crippen LogP contribution in [0.1, 0.15) is 10.4 Å². The Bertz CT molecular complexity index is 409. The van der Waals surface area contributed by atoms with Gasteiger partial charge in [-0.25, -0.2) is 9.36 Å². The van der Waals surface area contributed by atoms with Gasteiger partial charge in [-0.2, -0.15) is 0 Å². The number of hydrogen-bond acceptors (Lipinski definition) is 4. The summed E-state index contributed by atoms with van der Waals surface area (Å²) in [5.74, 6) is -0.697. The number of phosphoric ester groups is 1. The molecule has 0 saturated carbocycles. The third-order valence-corrected chi connectivity index (χ3v) is 1.93. The fourth-order valence-corrected chi connectivity index (χ4v) is 1.32. The van der Waals surface area contributed by atoms with Gasteiger partial charge in [-0.15, -0.1) is 0 Å². The molecule has 15 heavy (non-hydrogen) atoms. The zero-order valence-electron chi connectivity index (χ0n) is 7.78. The first kappa shape index (κ1) is 11.7. The summed E-state index contributed by atoms with van der Waals surface area (Å²) < 4.78 is 19.2. The molecule has 0 heterocycles. The topological polar surface area (TPSA) is 93.1 Å². The monoisotopic (exact) mass is 232 g/mol. The van der Waals surface area contributed by atoms with Crippen molar-refractivity contribution in [1.82, 2.24) is 0 Å². The van der Waals surface area contributed by atoms with Crippen molar-refractivity contribution < 1.29 is 28.4 Å². The van der Waals surface area contributed by atoms with Crippen LogP contribution in [0.3, 0.4) is 0 Å². The molecule has 82 valence electrons. The van der Waals surface area contributed by atoms with E-state index in [9.17, 15) is 9.36 Å². The predicted molar refractivity (Wildman–Crippen MR) is 50.5 cm³/mol. The summed E-state index contributed by atoms with van der Waals surface area (Å²) in [6, 6.07) is 5.38. The quantitative estimate of drug-likeness (QED) is 0.595. The van der Waals surface area contributed by atoms with E-state index < -0.39 is 13.8 Å². The van der Waals surface area contributed by atoms with Gasteiger partial charge in [-0.1, -0.05) is 6.07 Å². The highest BCUT2D eigenvalue weighted by molar-refractivity contribution is 7.46. The third kappa shape index (κ3) is 3.71. The smallest absolute Gasteiger partial charge is 0.465 e. The molecule has 0 aliphatic heterocycles. The average Bonchev–Trinajstić information content (AvgIpc) is 2.14. The maximum atomic E-state index is 11.1. The molecule has 0 atom stereocenters. The Morgan fingerprint density at radius 3 is 2.60 bits per heavy atom. The SMILES string of the molecule is COC(=O)c1cccc(OP(=O)(O)O)c1. The zero-order chi connectivity index (χ0) is 11.5. The summed E-state index contributed by atoms with van der Waals surface area (Å²) >= 11 is 0. The van der Waals surface area contributed by atoms with Crippen LogP contribution in [0.25, 0.3) is 0 Å². The van der Waals surface area contributed by atoms with Crippen LogP contribution in [0.2, 0.25) is 0 Å². The molecule has 0 amide bonds. The van der Waals surface area contributed by atoms with Gasteiger partial charge in [0.15, 0.2) is 0 Å². The van der Waals surface area contributed by atoms with Crippen LogP contribution >= 0.6 is 7.82 Å². The molecule has 0 bridgehead atoms. The van der Waals surface area contributed by atoms with Gasteiger partial charge in [0.1, 0.15) is 5.75 Å². The molecule has 1 aromatic rings. The standard InChI is InChI=1S/C8H9O6P/c1-13-8(9)6-3-2-4-7(5-6)14-15(10,11)12/h2-5H,1H3,(H2,10,11,12). The van der Waals surface area contributed by atoms with Crippen molar-refractivity contribution >= 4 is 13.8 Å². The molecule has 0 saturated heterocycles. The van der Waals surface area contributed by atoms with Crippen molar-refractivity contribution in [2.45, 2.75) is 0 Å². The fourth-order valence-electron chi connectivity index (χ4n) is 0.935. The van der Waals surface area contributed by atoms with E-state index >= 15 is 0 Å². The number of esters is 1. The first-order valence-electron chi connectivity index (χ1n) is 3.86. The van der Waals surface area contributed by atoms with E-state index in [1.165, 1.54) is 31.4 Å². The number of methoxy groups -OCH3 is 1. The van der Waals surface area contributed by atoms with Crippen LogP contribution in [-0.4, -0.2) is 22.9 Å². The third-order valence-electron chi connectivity index (χ3n) is 1.48. The zero-order valence-corrected chi connectivity index (χ0v) is 8.68. The number of carbonyl (C=O) groups is 1. The Kier molecular flexibility index (Phi) is 3.47. The fraction of sp³-hybridized carbons (Fsp3) is 0.125. The molecular formula is C8H9O6P. The molecule has 2 N–H and O–H groups in total. The van der Waals surface area contributed by atoms with Gasteiger partial charge in [0, 0.05) is 0 Å². The molecule has 0 aromatic heterocycles. The van der Waals surface area contributed by atoms with Crippen molar-refractivity contribution in [2.24, 2.45) is 0 Å². The summed E-state index contributed by atoms with van der Waals surface area (Å²) in [5, 5.41) is 0. The van der Waals surface area contributed by atoms with Gasteiger partial charge in [0.05, 0.1) is 12.7 Å². The highest BCUT2D eigenvalue weighted by Crippen LogP contribution is 2.37. The van der Waals surface area contributed by atoms with Gasteiger partial charge in [-0.05, 0) is 18.2 Å². The summed E-state index contributed by atoms with van der Waals surface area (Å²) in [6.45, 7) is 0. The second-order valence-corrected chi connectivity index (χ2v) is 3.77. The van der Waals surface area contributed by atoms with Crippen molar-refractivity contribution in [3.05, 3.63) is 29.8 Å². The first-order chi connectivity index (χ1) is 6.92. The molecule has 1 aromatic carbocycles. The molecule has 7 heteroatoms. The van der Waals surface area contributed by atoms with Crippen LogP contribution < -0.4 is 4.52 Å². The molecule has 6 nitrogen and oxygen atoms in total. The molecule has 0 spiro atoms. The summed E-state index contributed by atoms with van der Waals surface area (Å²) in [6.07, 6.45) is 0. The lowest BCUT2D eigenvalue weighted by atomic mass is 10.2. The summed E-state index contributed by atoms with van der Waals surface area (Å²) in [4.78, 5) is 28.1. The summed E-state index contributed by atoms with van der Waals surface area (Å²) in [7, 11) is -3.39. The lowest BCUT2D eigenvalue weighted by molar-refractivity contribution is 0.0600. The molecule has 0 aliphatic rings. The van der Waals surface area contributed by atoms with Gasteiger partial charge >= 0.3 is 13.8 Å². The van der Waals surface area contributed by atoms with Gasteiger partial charge in [-0.3, -0.25) is 9.79 Å². The Balaban J connectivity index is 2.93. The number of ether oxygens (including phenoxy) is 1. The molecule has 0 radical (unpaired) electrons. The Morgan fingerprint density at radius 2 is 2.07 bits per heavy atom. The van der Waals surface area contributed by atoms with E-state index in [1.807, 2.05) is 0 Å². The van der Waals surface area contributed by atoms with Crippen LogP contribution in [0, 0.1) is 0 Å². The van der Waals surface area contributed by atoms with E-state index in [1.54, 1.807) is 0 Å². The highest BCUT2D eigenvalue weighted by atomic mass is 31.2. The number of phosphoric acid groups is 1. The number of hydrogen-bond donors (Lipinski definition) is 2. The molecule has 0 aliphatic carbocycles. The van der Waals surface area contributed by atoms with Crippen LogP contribution in [0.4, 0.5) is 0 Å². The van der Waals surface area contributed by atoms with E-state index in [4.69, 9.17) is 9.79 Å². The van der Waals surface area contributed by atoms with E-state index in [-0.39, 0.29) is 11.3 Å². The Hall–Kier alpha value is -1.36. The Morgan fingerprint density at radius 1 is 1.40 bits per heavy atom. The highest BCUT2D eigenvalue weighted by Gasteiger charge is 2.16. The van der Waals surface area contributed by atoms with Crippen molar-refractivity contribution in [3.8, 4) is 5.75 Å². The average molecular weight is 232 g/mol. The maximum absolute atomic E-state index is 11.1. The number of carbonyl (C=O) groups excluding carboxylic acids is 1. The van der Waals surface area contributed by atoms with E-state index in [0.29, 0.717) is 0 Å². The minimum Gasteiger partial charge on any atom is -0.465 e. The molecular weight excluding hydrogens is 223 g/mol. The van der Waals surface area contributed by atoms with Crippen LogP contribution in [0.5, 0.6) is 5.75 Å². The van der Waals surface area contributed by atoms with Crippen LogP contribution in [0.15, 0.2) is 24.3 Å². The minimum absolute atomic E-state index is 0.0915. The number of benzene rings is 1. The van der Waals surface area contributed by atoms with Crippen molar-refractivity contribution in [1.29, 1.82) is 0 Å². The second-order valence-electron chi connectivity index (χ2n) is 2.60. The van der Waals surface area contributed by atoms with Gasteiger partial charge in [0.2, 0.25) is 0 Å². The number of rotatable bonds is 3. The Labute approximate surface area is 85.7 Å². The summed E-state index contributed by atoms with van der Waals surface area (Å²) in [5.41, 5.74) is 0.156. The van der Waals surface area contributed by atoms with Gasteiger partial charge < -0.3 is 9.26 Å².